The molecule has 0 aliphatic heterocycles. The number of nitrogens with zero attached hydrogens (tertiary/aromatic N) is 1. The van der Waals surface area contributed by atoms with Crippen LogP contribution in [-0.2, 0) is 23.0 Å². The van der Waals surface area contributed by atoms with E-state index in [1.807, 2.05) is 48.7 Å². The summed E-state index contributed by atoms with van der Waals surface area (Å²) in [7, 11) is -3.61. The van der Waals surface area contributed by atoms with Crippen molar-refractivity contribution in [3.8, 4) is 0 Å². The molecule has 0 saturated carbocycles. The number of hydrogen-bond acceptors (Lipinski definition) is 3. The van der Waals surface area contributed by atoms with Crippen LogP contribution in [0.3, 0.4) is 0 Å². The zero-order valence-electron chi connectivity index (χ0n) is 17.4. The molecule has 3 aromatic carbocycles. The molecule has 0 fully saturated rings. The predicted octanol–water partition coefficient (Wildman–Crippen LogP) is 4.78. The van der Waals surface area contributed by atoms with Crippen LogP contribution >= 0.6 is 12.4 Å². The Morgan fingerprint density at radius 2 is 1.69 bits per heavy atom. The Morgan fingerprint density at radius 3 is 2.38 bits per heavy atom. The zero-order valence-corrected chi connectivity index (χ0v) is 19.0. The number of nitrogens with one attached hydrogen (secondary N) is 2. The summed E-state index contributed by atoms with van der Waals surface area (Å²) in [5.41, 5.74) is 9.05. The quantitative estimate of drug-likeness (QED) is 0.256. The number of anilines is 1. The molecule has 0 aliphatic carbocycles. The third-order valence-corrected chi connectivity index (χ3v) is 6.60. The van der Waals surface area contributed by atoms with Crippen molar-refractivity contribution in [2.75, 3.05) is 4.72 Å². The number of aromatic nitrogens is 1. The maximum Gasteiger partial charge on any atom is 0.261 e. The lowest BCUT2D eigenvalue weighted by molar-refractivity contribution is 0.601. The Balaban J connectivity index is 0.00000289. The molecule has 0 unspecified atom stereocenters. The number of benzene rings is 3. The van der Waals surface area contributed by atoms with Gasteiger partial charge in [0.15, 0.2) is 0 Å². The summed E-state index contributed by atoms with van der Waals surface area (Å²) in [5.74, 6) is 0.0794. The van der Waals surface area contributed by atoms with E-state index in [2.05, 4.69) is 9.29 Å². The molecule has 0 saturated heterocycles. The first kappa shape index (κ1) is 23.4. The summed E-state index contributed by atoms with van der Waals surface area (Å²) in [6.07, 6.45) is 3.91. The molecular formula is C24H25ClN4O2S. The van der Waals surface area contributed by atoms with Gasteiger partial charge in [-0.2, -0.15) is 0 Å². The summed E-state index contributed by atoms with van der Waals surface area (Å²) < 4.78 is 29.9. The molecule has 1 aromatic heterocycles. The van der Waals surface area contributed by atoms with Gasteiger partial charge in [-0.1, -0.05) is 42.5 Å². The van der Waals surface area contributed by atoms with Gasteiger partial charge >= 0.3 is 0 Å². The first-order valence-electron chi connectivity index (χ1n) is 10.0. The summed E-state index contributed by atoms with van der Waals surface area (Å²) in [5, 5.41) is 8.44. The van der Waals surface area contributed by atoms with Gasteiger partial charge in [-0.05, 0) is 54.8 Å². The molecule has 0 radical (unpaired) electrons. The van der Waals surface area contributed by atoms with E-state index < -0.39 is 10.0 Å². The normalized spacial score (nSPS) is 11.1. The number of halogens is 1. The van der Waals surface area contributed by atoms with Crippen LogP contribution in [0.15, 0.2) is 90.0 Å². The number of amidine groups is 1. The average molecular weight is 469 g/mol. The van der Waals surface area contributed by atoms with E-state index in [0.29, 0.717) is 5.69 Å². The molecule has 0 atom stereocenters. The maximum absolute atomic E-state index is 12.5. The molecule has 0 aliphatic rings. The van der Waals surface area contributed by atoms with Gasteiger partial charge in [0.1, 0.15) is 5.84 Å². The SMILES string of the molecule is Cl.N=C(N)c1ccc(CCCn2ccc3cc(NS(=O)(=O)c4ccccc4)ccc32)cc1. The zero-order chi connectivity index (χ0) is 21.8. The largest absolute Gasteiger partial charge is 0.384 e. The molecule has 4 N–H and O–H groups in total. The van der Waals surface area contributed by atoms with E-state index in [-0.39, 0.29) is 23.1 Å². The fourth-order valence-electron chi connectivity index (χ4n) is 3.58. The summed E-state index contributed by atoms with van der Waals surface area (Å²) in [6.45, 7) is 0.854. The van der Waals surface area contributed by atoms with E-state index in [4.69, 9.17) is 11.1 Å². The van der Waals surface area contributed by atoms with Crippen molar-refractivity contribution in [1.82, 2.24) is 4.57 Å². The monoisotopic (exact) mass is 468 g/mol. The van der Waals surface area contributed by atoms with Crippen LogP contribution in [-0.4, -0.2) is 18.8 Å². The summed E-state index contributed by atoms with van der Waals surface area (Å²) >= 11 is 0. The van der Waals surface area contributed by atoms with Gasteiger partial charge in [-0.25, -0.2) is 8.42 Å². The minimum absolute atomic E-state index is 0. The minimum Gasteiger partial charge on any atom is -0.384 e. The lowest BCUT2D eigenvalue weighted by Crippen LogP contribution is -2.12. The van der Waals surface area contributed by atoms with Gasteiger partial charge in [-0.15, -0.1) is 12.4 Å². The van der Waals surface area contributed by atoms with Crippen molar-refractivity contribution >= 4 is 44.9 Å². The highest BCUT2D eigenvalue weighted by atomic mass is 35.5. The number of nitrogens with two attached hydrogens (primary N) is 1. The highest BCUT2D eigenvalue weighted by Crippen LogP contribution is 2.23. The van der Waals surface area contributed by atoms with Gasteiger partial charge in [0.05, 0.1) is 4.90 Å². The molecule has 0 bridgehead atoms. The predicted molar refractivity (Wildman–Crippen MR) is 132 cm³/mol. The Labute approximate surface area is 194 Å². The van der Waals surface area contributed by atoms with Crippen molar-refractivity contribution in [3.63, 3.8) is 0 Å². The Kier molecular flexibility index (Phi) is 7.22. The molecule has 0 spiro atoms. The van der Waals surface area contributed by atoms with Crippen LogP contribution in [0.2, 0.25) is 0 Å². The molecule has 4 rings (SSSR count). The van der Waals surface area contributed by atoms with Gasteiger partial charge in [-0.3, -0.25) is 10.1 Å². The number of fused-ring (bicyclic) bond motifs is 1. The van der Waals surface area contributed by atoms with E-state index in [1.54, 1.807) is 36.4 Å². The van der Waals surface area contributed by atoms with Crippen LogP contribution < -0.4 is 10.5 Å². The Bertz CT molecular complexity index is 1320. The van der Waals surface area contributed by atoms with E-state index in [0.717, 1.165) is 35.9 Å². The van der Waals surface area contributed by atoms with Crippen LogP contribution in [0.1, 0.15) is 17.5 Å². The first-order chi connectivity index (χ1) is 14.9. The topological polar surface area (TPSA) is 101 Å². The average Bonchev–Trinajstić information content (AvgIpc) is 3.16. The van der Waals surface area contributed by atoms with Crippen molar-refractivity contribution in [2.24, 2.45) is 5.73 Å². The summed E-state index contributed by atoms with van der Waals surface area (Å²) in [4.78, 5) is 0.240. The Morgan fingerprint density at radius 1 is 0.969 bits per heavy atom. The Hall–Kier alpha value is -3.29. The second-order valence-electron chi connectivity index (χ2n) is 7.42. The lowest BCUT2D eigenvalue weighted by atomic mass is 10.1. The lowest BCUT2D eigenvalue weighted by Gasteiger charge is -2.09. The van der Waals surface area contributed by atoms with Gasteiger partial charge < -0.3 is 10.3 Å². The van der Waals surface area contributed by atoms with Gasteiger partial charge in [0.25, 0.3) is 10.0 Å². The van der Waals surface area contributed by atoms with E-state index >= 15 is 0 Å². The maximum atomic E-state index is 12.5. The fraction of sp³-hybridized carbons (Fsp3) is 0.125. The fourth-order valence-corrected chi connectivity index (χ4v) is 4.65. The molecule has 166 valence electrons. The standard InChI is InChI=1S/C24H24N4O2S.ClH/c25-24(26)19-10-8-18(9-11-19)5-4-15-28-16-14-20-17-21(12-13-23(20)28)27-31(29,30)22-6-2-1-3-7-22;/h1-3,6-14,16-17,27H,4-5,15H2,(H3,25,26);1H. The second kappa shape index (κ2) is 9.89. The molecule has 0 amide bonds. The molecule has 32 heavy (non-hydrogen) atoms. The van der Waals surface area contributed by atoms with Crippen LogP contribution in [0.25, 0.3) is 10.9 Å². The van der Waals surface area contributed by atoms with E-state index in [1.165, 1.54) is 5.56 Å². The number of hydrogen-bond donors (Lipinski definition) is 3. The van der Waals surface area contributed by atoms with Crippen LogP contribution in [0.4, 0.5) is 5.69 Å². The first-order valence-corrected chi connectivity index (χ1v) is 11.5. The highest BCUT2D eigenvalue weighted by Gasteiger charge is 2.14. The smallest absolute Gasteiger partial charge is 0.261 e. The molecule has 1 heterocycles. The van der Waals surface area contributed by atoms with Gasteiger partial charge in [0, 0.05) is 34.9 Å². The minimum atomic E-state index is -3.61. The highest BCUT2D eigenvalue weighted by molar-refractivity contribution is 7.92. The van der Waals surface area contributed by atoms with Crippen molar-refractivity contribution in [2.45, 2.75) is 24.3 Å². The van der Waals surface area contributed by atoms with Crippen molar-refractivity contribution in [1.29, 1.82) is 5.41 Å². The van der Waals surface area contributed by atoms with Crippen LogP contribution in [0.5, 0.6) is 0 Å². The third-order valence-electron chi connectivity index (χ3n) is 5.21. The van der Waals surface area contributed by atoms with Crippen LogP contribution in [0, 0.1) is 5.41 Å². The summed E-state index contributed by atoms with van der Waals surface area (Å²) in [6, 6.07) is 23.7. The van der Waals surface area contributed by atoms with Crippen molar-refractivity contribution in [3.05, 3.63) is 96.2 Å². The van der Waals surface area contributed by atoms with Crippen molar-refractivity contribution < 1.29 is 8.42 Å². The molecule has 6 nitrogen and oxygen atoms in total. The van der Waals surface area contributed by atoms with Gasteiger partial charge in [0.2, 0.25) is 0 Å². The number of nitrogen functional groups attached to an aromatic ring is 1. The number of aryl methyl sites for hydroxylation is 2. The molecule has 4 aromatic rings. The third kappa shape index (κ3) is 5.30. The van der Waals surface area contributed by atoms with E-state index in [9.17, 15) is 8.42 Å². The number of rotatable bonds is 8. The molecule has 8 heteroatoms. The molecular weight excluding hydrogens is 444 g/mol. The number of sulfonamides is 1. The second-order valence-corrected chi connectivity index (χ2v) is 9.10.